The van der Waals surface area contributed by atoms with Gasteiger partial charge in [-0.1, -0.05) is 224 Å². The lowest BCUT2D eigenvalue weighted by Crippen LogP contribution is -2.60. The van der Waals surface area contributed by atoms with E-state index in [-0.39, 0.29) is 28.4 Å². The molecule has 0 spiro atoms. The molecule has 0 amide bonds. The maximum atomic E-state index is 7.30. The molecular weight excluding hydrogens is 1150 g/mol. The van der Waals surface area contributed by atoms with Crippen molar-refractivity contribution >= 4 is 127 Å². The van der Waals surface area contributed by atoms with Gasteiger partial charge in [-0.15, -0.1) is 11.3 Å². The van der Waals surface area contributed by atoms with E-state index in [2.05, 4.69) is 331 Å². The van der Waals surface area contributed by atoms with Gasteiger partial charge >= 0.3 is 0 Å². The minimum atomic E-state index is -1.82. The van der Waals surface area contributed by atoms with Crippen LogP contribution in [0.4, 0.5) is 51.2 Å². The monoisotopic (exact) mass is 1240 g/mol. The molecule has 4 nitrogen and oxygen atoms in total. The average Bonchev–Trinajstić information content (AvgIpc) is 1.22. The summed E-state index contributed by atoms with van der Waals surface area (Å²) in [4.78, 5) is 10.7. The first kappa shape index (κ1) is 60.0. The van der Waals surface area contributed by atoms with Crippen molar-refractivity contribution < 1.29 is 4.42 Å². The van der Waals surface area contributed by atoms with Crippen LogP contribution in [0.2, 0.25) is 0 Å². The van der Waals surface area contributed by atoms with Gasteiger partial charge in [-0.25, -0.2) is 0 Å². The van der Waals surface area contributed by atoms with E-state index in [1.165, 1.54) is 91.7 Å². The molecule has 0 bridgehead atoms. The molecule has 2 aliphatic heterocycles. The predicted octanol–water partition coefficient (Wildman–Crippen LogP) is 23.3. The maximum Gasteiger partial charge on any atom is 0.264 e. The summed E-state index contributed by atoms with van der Waals surface area (Å²) in [6.07, 6.45) is 2.29. The molecule has 0 saturated carbocycles. The van der Waals surface area contributed by atoms with Gasteiger partial charge in [0, 0.05) is 65.3 Å². The average molecular weight is 1240 g/mol. The van der Waals surface area contributed by atoms with Gasteiger partial charge < -0.3 is 19.1 Å². The first-order valence-corrected chi connectivity index (χ1v) is 36.0. The Labute approximate surface area is 552 Å². The van der Waals surface area contributed by atoms with Crippen molar-refractivity contribution in [2.24, 2.45) is 0 Å². The highest BCUT2D eigenvalue weighted by atomic mass is 32.3. The van der Waals surface area contributed by atoms with Crippen LogP contribution >= 0.6 is 21.4 Å². The smallest absolute Gasteiger partial charge is 0.264 e. The van der Waals surface area contributed by atoms with E-state index in [1.54, 1.807) is 0 Å². The summed E-state index contributed by atoms with van der Waals surface area (Å²) >= 11 is 1.99. The van der Waals surface area contributed by atoms with Gasteiger partial charge in [0.15, 0.2) is 5.58 Å². The van der Waals surface area contributed by atoms with E-state index in [4.69, 9.17) is 4.42 Å². The molecule has 15 rings (SSSR count). The van der Waals surface area contributed by atoms with Crippen LogP contribution in [0.25, 0.3) is 43.2 Å². The summed E-state index contributed by atoms with van der Waals surface area (Å²) in [5.74, 6) is 0. The first-order chi connectivity index (χ1) is 43.9. The molecule has 10 aromatic carbocycles. The van der Waals surface area contributed by atoms with Gasteiger partial charge in [0.25, 0.3) is 6.71 Å². The van der Waals surface area contributed by atoms with Gasteiger partial charge in [0.2, 0.25) is 0 Å². The topological polar surface area (TPSA) is 22.9 Å². The lowest BCUT2D eigenvalue weighted by molar-refractivity contribution is 0.332. The molecule has 12 aromatic rings. The standard InChI is InChI=1S/C85H86BN3OS2/c1-53(2)92(54(3)4,62-41-32-55(5)33-42-62)63-51-74-78-75(52-63)89(72-30-23-28-66-65-27-20-22-31-76(65)90-80(66)72)73-50-61(87(59-37-34-57(35-38-59)82(6,7)8)71-29-21-19-26-64(71)56-24-17-16-18-25-56)40-44-70(73)86(78)81-79(67-48-58(83(9,10)11)36-45-77(67)91-81)88(74)60-39-43-68-69(49-60)85(14,15)47-46-84(68,12)13/h16-45,48-54H,46-47H2,1-15H3. The van der Waals surface area contributed by atoms with E-state index in [0.717, 1.165) is 68.8 Å². The van der Waals surface area contributed by atoms with Gasteiger partial charge in [-0.3, -0.25) is 0 Å². The first-order valence-electron chi connectivity index (χ1n) is 33.4. The molecule has 0 unspecified atom stereocenters. The van der Waals surface area contributed by atoms with E-state index in [9.17, 15) is 0 Å². The van der Waals surface area contributed by atoms with Crippen LogP contribution in [0, 0.1) is 6.92 Å². The van der Waals surface area contributed by atoms with Gasteiger partial charge in [-0.05, 0) is 191 Å². The minimum Gasteiger partial charge on any atom is -0.454 e. The Kier molecular flexibility index (Phi) is 14.2. The van der Waals surface area contributed by atoms with Gasteiger partial charge in [0.1, 0.15) is 5.58 Å². The van der Waals surface area contributed by atoms with Crippen LogP contribution in [0.3, 0.4) is 0 Å². The quantitative estimate of drug-likeness (QED) is 0.127. The van der Waals surface area contributed by atoms with Crippen molar-refractivity contribution in [3.8, 4) is 11.1 Å². The summed E-state index contributed by atoms with van der Waals surface area (Å²) in [6, 6.07) is 82.1. The van der Waals surface area contributed by atoms with E-state index in [0.29, 0.717) is 10.5 Å². The van der Waals surface area contributed by atoms with Crippen LogP contribution in [0.5, 0.6) is 0 Å². The van der Waals surface area contributed by atoms with Gasteiger partial charge in [0.05, 0.1) is 17.1 Å². The van der Waals surface area contributed by atoms with E-state index < -0.39 is 10.0 Å². The molecule has 0 saturated heterocycles. The van der Waals surface area contributed by atoms with Crippen molar-refractivity contribution in [2.75, 3.05) is 14.7 Å². The molecule has 0 atom stereocenters. The second kappa shape index (κ2) is 21.7. The molecule has 3 aliphatic rings. The second-order valence-corrected chi connectivity index (χ2v) is 35.7. The van der Waals surface area contributed by atoms with Crippen molar-refractivity contribution in [3.63, 3.8) is 0 Å². The minimum absolute atomic E-state index is 0.0116. The number of nitrogens with zero attached hydrogens (tertiary/aromatic N) is 3. The normalized spacial score (nSPS) is 15.3. The number of anilines is 9. The number of furan rings is 1. The van der Waals surface area contributed by atoms with Crippen LogP contribution in [-0.4, -0.2) is 17.2 Å². The SMILES string of the molecule is Cc1ccc(S(c2cc3c4c(c2)N(c2cccc5c2oc2ccccc25)c2cc(N(c5ccc(C(C)(C)C)cc5)c5ccccc5-c5ccccc5)ccc2B4c2sc4ccc(C(C)(C)C)cc4c2N3c2ccc3c(c2)C(C)(C)CCC3(C)C)(C(C)C)C(C)C)cc1. The third-order valence-electron chi connectivity index (χ3n) is 21.0. The molecule has 92 heavy (non-hydrogen) atoms. The fraction of sp³-hybridized carbons (Fsp3) is 0.271. The molecule has 0 fully saturated rings. The van der Waals surface area contributed by atoms with E-state index in [1.807, 2.05) is 11.3 Å². The summed E-state index contributed by atoms with van der Waals surface area (Å²) < 4.78 is 9.97. The highest BCUT2D eigenvalue weighted by Gasteiger charge is 2.49. The summed E-state index contributed by atoms with van der Waals surface area (Å²) in [7, 11) is -1.82. The highest BCUT2D eigenvalue weighted by Crippen LogP contribution is 2.70. The molecule has 0 radical (unpaired) electrons. The molecular formula is C85H86BN3OS2. The van der Waals surface area contributed by atoms with Crippen molar-refractivity contribution in [2.45, 2.75) is 159 Å². The van der Waals surface area contributed by atoms with Crippen LogP contribution in [0.1, 0.15) is 138 Å². The maximum absolute atomic E-state index is 7.30. The predicted molar refractivity (Wildman–Crippen MR) is 402 cm³/mol. The van der Waals surface area contributed by atoms with Crippen LogP contribution < -0.4 is 30.4 Å². The van der Waals surface area contributed by atoms with Gasteiger partial charge in [-0.2, -0.15) is 10.0 Å². The highest BCUT2D eigenvalue weighted by molar-refractivity contribution is 8.34. The summed E-state index contributed by atoms with van der Waals surface area (Å²) in [6.45, 7) is 36.0. The molecule has 7 heteroatoms. The number of para-hydroxylation sites is 3. The number of rotatable bonds is 10. The van der Waals surface area contributed by atoms with Crippen molar-refractivity contribution in [1.82, 2.24) is 0 Å². The zero-order valence-electron chi connectivity index (χ0n) is 56.4. The Hall–Kier alpha value is -8.23. The Bertz CT molecular complexity index is 4870. The number of hydrogen-bond donors (Lipinski definition) is 0. The summed E-state index contributed by atoms with van der Waals surface area (Å²) in [5.41, 5.74) is 23.9. The molecule has 0 N–H and O–H groups in total. The fourth-order valence-electron chi connectivity index (χ4n) is 16.0. The molecule has 2 aromatic heterocycles. The number of hydrogen-bond acceptors (Lipinski definition) is 5. The largest absolute Gasteiger partial charge is 0.454 e. The zero-order chi connectivity index (χ0) is 64.1. The zero-order valence-corrected chi connectivity index (χ0v) is 58.1. The Morgan fingerprint density at radius 1 is 0.522 bits per heavy atom. The van der Waals surface area contributed by atoms with Crippen LogP contribution in [0.15, 0.2) is 227 Å². The number of thiophene rings is 1. The van der Waals surface area contributed by atoms with Crippen molar-refractivity contribution in [3.05, 3.63) is 240 Å². The van der Waals surface area contributed by atoms with Crippen LogP contribution in [-0.2, 0) is 21.7 Å². The second-order valence-electron chi connectivity index (χ2n) is 30.4. The van der Waals surface area contributed by atoms with Crippen molar-refractivity contribution in [1.29, 1.82) is 0 Å². The third kappa shape index (κ3) is 9.44. The molecule has 462 valence electrons. The Morgan fingerprint density at radius 2 is 1.15 bits per heavy atom. The third-order valence-corrected chi connectivity index (χ3v) is 27.2. The number of fused-ring (bicyclic) bond motifs is 10. The Balaban J connectivity index is 1.11. The van der Waals surface area contributed by atoms with E-state index >= 15 is 0 Å². The Morgan fingerprint density at radius 3 is 1.86 bits per heavy atom. The fourth-order valence-corrected chi connectivity index (χ4v) is 22.0. The summed E-state index contributed by atoms with van der Waals surface area (Å²) in [5, 5.41) is 4.11. The lowest BCUT2D eigenvalue weighted by Gasteiger charge is -2.51. The molecule has 4 heterocycles. The lowest BCUT2D eigenvalue weighted by atomic mass is 9.36. The molecule has 1 aliphatic carbocycles. The number of aryl methyl sites for hydroxylation is 1. The number of benzene rings is 10.